The van der Waals surface area contributed by atoms with Gasteiger partial charge in [0, 0.05) is 5.92 Å². The monoisotopic (exact) mass is 236 g/mol. The first kappa shape index (κ1) is 12.2. The van der Waals surface area contributed by atoms with Gasteiger partial charge in [-0.05, 0) is 49.4 Å². The van der Waals surface area contributed by atoms with Crippen LogP contribution in [-0.4, -0.2) is 10.9 Å². The van der Waals surface area contributed by atoms with Crippen molar-refractivity contribution in [2.45, 2.75) is 38.7 Å². The summed E-state index contributed by atoms with van der Waals surface area (Å²) in [6.45, 7) is 3.22. The molecule has 1 aliphatic rings. The number of halogens is 1. The van der Waals surface area contributed by atoms with Crippen LogP contribution in [0.2, 0.25) is 0 Å². The highest BCUT2D eigenvalue weighted by Gasteiger charge is 2.41. The van der Waals surface area contributed by atoms with E-state index < -0.39 is 11.5 Å². The summed E-state index contributed by atoms with van der Waals surface area (Å²) in [6, 6.07) is 4.43. The number of benzene rings is 1. The van der Waals surface area contributed by atoms with E-state index in [9.17, 15) is 14.3 Å². The van der Waals surface area contributed by atoms with E-state index in [1.54, 1.807) is 13.0 Å². The van der Waals surface area contributed by atoms with Gasteiger partial charge in [-0.15, -0.1) is 0 Å². The fraction of sp³-hybridized carbons (Fsp3) is 0.500. The molecule has 1 N–H and O–H groups in total. The Hall–Kier alpha value is -1.22. The van der Waals surface area contributed by atoms with Crippen LogP contribution in [0, 0.1) is 11.7 Å². The van der Waals surface area contributed by atoms with Crippen molar-refractivity contribution in [3.8, 4) is 0 Å². The summed E-state index contributed by atoms with van der Waals surface area (Å²) in [6.07, 6.45) is 2.11. The van der Waals surface area contributed by atoms with Gasteiger partial charge in [0.1, 0.15) is 11.6 Å². The number of rotatable bonds is 2. The van der Waals surface area contributed by atoms with Gasteiger partial charge in [-0.2, -0.15) is 0 Å². The number of ketones is 1. The van der Waals surface area contributed by atoms with E-state index in [1.165, 1.54) is 19.1 Å². The zero-order valence-corrected chi connectivity index (χ0v) is 10.2. The third-order valence-electron chi connectivity index (χ3n) is 3.86. The molecular formula is C14H17FO2. The molecule has 1 aliphatic carbocycles. The molecule has 0 aromatic heterocycles. The second-order valence-corrected chi connectivity index (χ2v) is 4.91. The highest BCUT2D eigenvalue weighted by atomic mass is 19.1. The zero-order chi connectivity index (χ0) is 12.6. The van der Waals surface area contributed by atoms with Crippen LogP contribution < -0.4 is 0 Å². The molecule has 0 fully saturated rings. The molecule has 0 heterocycles. The highest BCUT2D eigenvalue weighted by Crippen LogP contribution is 2.41. The molecule has 17 heavy (non-hydrogen) atoms. The highest BCUT2D eigenvalue weighted by molar-refractivity contribution is 5.79. The number of hydrogen-bond acceptors (Lipinski definition) is 2. The number of aliphatic hydroxyl groups is 1. The largest absolute Gasteiger partial charge is 0.384 e. The Morgan fingerprint density at radius 3 is 2.88 bits per heavy atom. The van der Waals surface area contributed by atoms with E-state index in [0.717, 1.165) is 18.4 Å². The Bertz CT molecular complexity index is 456. The Morgan fingerprint density at radius 2 is 2.24 bits per heavy atom. The summed E-state index contributed by atoms with van der Waals surface area (Å²) in [5.74, 6) is -0.778. The van der Waals surface area contributed by atoms with Crippen molar-refractivity contribution in [3.63, 3.8) is 0 Å². The average Bonchev–Trinajstić information content (AvgIpc) is 2.27. The first-order valence-corrected chi connectivity index (χ1v) is 5.97. The first-order chi connectivity index (χ1) is 7.95. The van der Waals surface area contributed by atoms with E-state index >= 15 is 0 Å². The molecule has 3 heteroatoms. The Kier molecular flexibility index (Phi) is 3.04. The van der Waals surface area contributed by atoms with Gasteiger partial charge in [-0.25, -0.2) is 4.39 Å². The fourth-order valence-corrected chi connectivity index (χ4v) is 2.66. The second-order valence-electron chi connectivity index (χ2n) is 4.91. The summed E-state index contributed by atoms with van der Waals surface area (Å²) in [5, 5.41) is 10.7. The van der Waals surface area contributed by atoms with E-state index in [1.807, 2.05) is 0 Å². The van der Waals surface area contributed by atoms with Gasteiger partial charge in [0.2, 0.25) is 0 Å². The second kappa shape index (κ2) is 4.22. The molecule has 0 bridgehead atoms. The smallest absolute Gasteiger partial charge is 0.135 e. The maximum atomic E-state index is 13.2. The van der Waals surface area contributed by atoms with Crippen molar-refractivity contribution in [1.29, 1.82) is 0 Å². The predicted octanol–water partition coefficient (Wildman–Crippen LogP) is 2.57. The van der Waals surface area contributed by atoms with E-state index in [2.05, 4.69) is 0 Å². The topological polar surface area (TPSA) is 37.3 Å². The molecule has 2 nitrogen and oxygen atoms in total. The molecule has 1 aromatic carbocycles. The third kappa shape index (κ3) is 2.00. The number of hydrogen-bond donors (Lipinski definition) is 1. The molecule has 0 saturated heterocycles. The Labute approximate surface area is 100 Å². The zero-order valence-electron chi connectivity index (χ0n) is 10.2. The fourth-order valence-electron chi connectivity index (χ4n) is 2.66. The maximum absolute atomic E-state index is 13.2. The van der Waals surface area contributed by atoms with Gasteiger partial charge in [0.25, 0.3) is 0 Å². The lowest BCUT2D eigenvalue weighted by Crippen LogP contribution is -2.40. The number of carbonyl (C=O) groups is 1. The van der Waals surface area contributed by atoms with Crippen LogP contribution in [0.25, 0.3) is 0 Å². The average molecular weight is 236 g/mol. The van der Waals surface area contributed by atoms with Crippen LogP contribution in [0.1, 0.15) is 37.8 Å². The summed E-state index contributed by atoms with van der Waals surface area (Å²) in [4.78, 5) is 11.5. The van der Waals surface area contributed by atoms with Crippen molar-refractivity contribution in [2.24, 2.45) is 5.92 Å². The van der Waals surface area contributed by atoms with E-state index in [0.29, 0.717) is 12.0 Å². The van der Waals surface area contributed by atoms with Crippen molar-refractivity contribution < 1.29 is 14.3 Å². The number of aryl methyl sites for hydroxylation is 1. The first-order valence-electron chi connectivity index (χ1n) is 5.97. The Balaban J connectivity index is 2.50. The molecule has 1 aromatic rings. The Morgan fingerprint density at radius 1 is 1.53 bits per heavy atom. The quantitative estimate of drug-likeness (QED) is 0.857. The number of fused-ring (bicyclic) bond motifs is 1. The van der Waals surface area contributed by atoms with Crippen LogP contribution in [0.5, 0.6) is 0 Å². The molecule has 0 spiro atoms. The van der Waals surface area contributed by atoms with Gasteiger partial charge in [0.05, 0.1) is 5.60 Å². The van der Waals surface area contributed by atoms with Crippen LogP contribution in [0.15, 0.2) is 18.2 Å². The van der Waals surface area contributed by atoms with Crippen LogP contribution >= 0.6 is 0 Å². The minimum absolute atomic E-state index is 0.0373. The molecule has 0 aliphatic heterocycles. The van der Waals surface area contributed by atoms with Crippen molar-refractivity contribution in [1.82, 2.24) is 0 Å². The number of carbonyl (C=O) groups excluding carboxylic acids is 1. The standard InChI is InChI=1S/C14H17FO2/c1-9(10(2)16)14(17)7-3-4-11-8-12(15)5-6-13(11)14/h5-6,8-9,17H,3-4,7H2,1-2H3. The van der Waals surface area contributed by atoms with E-state index in [4.69, 9.17) is 0 Å². The summed E-state index contributed by atoms with van der Waals surface area (Å²) >= 11 is 0. The van der Waals surface area contributed by atoms with Gasteiger partial charge in [-0.3, -0.25) is 4.79 Å². The van der Waals surface area contributed by atoms with Crippen LogP contribution in [0.3, 0.4) is 0 Å². The predicted molar refractivity (Wildman–Crippen MR) is 63.1 cm³/mol. The summed E-state index contributed by atoms with van der Waals surface area (Å²) < 4.78 is 13.2. The normalized spacial score (nSPS) is 25.2. The lowest BCUT2D eigenvalue weighted by molar-refractivity contribution is -0.131. The van der Waals surface area contributed by atoms with Gasteiger partial charge >= 0.3 is 0 Å². The molecule has 0 radical (unpaired) electrons. The van der Waals surface area contributed by atoms with Crippen molar-refractivity contribution in [2.75, 3.05) is 0 Å². The third-order valence-corrected chi connectivity index (χ3v) is 3.86. The lowest BCUT2D eigenvalue weighted by atomic mass is 9.71. The minimum atomic E-state index is -1.13. The molecule has 0 amide bonds. The number of Topliss-reactive ketones (excluding diaryl/α,β-unsaturated/α-hetero) is 1. The minimum Gasteiger partial charge on any atom is -0.384 e. The molecule has 0 saturated carbocycles. The van der Waals surface area contributed by atoms with Crippen molar-refractivity contribution >= 4 is 5.78 Å². The van der Waals surface area contributed by atoms with Crippen molar-refractivity contribution in [3.05, 3.63) is 35.1 Å². The van der Waals surface area contributed by atoms with Crippen LogP contribution in [0.4, 0.5) is 4.39 Å². The lowest BCUT2D eigenvalue weighted by Gasteiger charge is -2.38. The molecule has 2 rings (SSSR count). The molecular weight excluding hydrogens is 219 g/mol. The summed E-state index contributed by atoms with van der Waals surface area (Å²) in [5.41, 5.74) is 0.410. The SMILES string of the molecule is CC(=O)C(C)C1(O)CCCc2cc(F)ccc21. The molecule has 2 atom stereocenters. The van der Waals surface area contributed by atoms with E-state index in [-0.39, 0.29) is 11.6 Å². The van der Waals surface area contributed by atoms with Gasteiger partial charge in [0.15, 0.2) is 0 Å². The summed E-state index contributed by atoms with van der Waals surface area (Å²) in [7, 11) is 0. The van der Waals surface area contributed by atoms with Gasteiger partial charge < -0.3 is 5.11 Å². The molecule has 92 valence electrons. The van der Waals surface area contributed by atoms with Crippen LogP contribution in [-0.2, 0) is 16.8 Å². The maximum Gasteiger partial charge on any atom is 0.135 e. The molecule has 2 unspecified atom stereocenters. The van der Waals surface area contributed by atoms with Gasteiger partial charge in [-0.1, -0.05) is 13.0 Å².